The van der Waals surface area contributed by atoms with E-state index in [1.165, 1.54) is 12.2 Å². The van der Waals surface area contributed by atoms with Gasteiger partial charge in [0.2, 0.25) is 0 Å². The summed E-state index contributed by atoms with van der Waals surface area (Å²) >= 11 is 0. The van der Waals surface area contributed by atoms with Gasteiger partial charge < -0.3 is 5.11 Å². The molecular formula is C10H8O3. The van der Waals surface area contributed by atoms with Crippen molar-refractivity contribution in [1.82, 2.24) is 0 Å². The Morgan fingerprint density at radius 2 is 1.85 bits per heavy atom. The number of aliphatic hydroxyl groups is 1. The Morgan fingerprint density at radius 1 is 1.15 bits per heavy atom. The summed E-state index contributed by atoms with van der Waals surface area (Å²) in [6, 6.07) is 0. The van der Waals surface area contributed by atoms with Gasteiger partial charge in [-0.3, -0.25) is 9.59 Å². The highest BCUT2D eigenvalue weighted by atomic mass is 16.3. The smallest absolute Gasteiger partial charge is 0.186 e. The second-order valence-corrected chi connectivity index (χ2v) is 3.04. The zero-order chi connectivity index (χ0) is 9.42. The summed E-state index contributed by atoms with van der Waals surface area (Å²) in [7, 11) is 0. The first kappa shape index (κ1) is 8.13. The quantitative estimate of drug-likeness (QED) is 0.540. The summed E-state index contributed by atoms with van der Waals surface area (Å²) in [5.41, 5.74) is 0.584. The summed E-state index contributed by atoms with van der Waals surface area (Å²) in [5.74, 6) is -0.462. The van der Waals surface area contributed by atoms with Crippen LogP contribution in [0.1, 0.15) is 6.42 Å². The van der Waals surface area contributed by atoms with Gasteiger partial charge in [0.25, 0.3) is 0 Å². The van der Waals surface area contributed by atoms with Crippen LogP contribution < -0.4 is 0 Å². The molecule has 0 aromatic carbocycles. The number of aliphatic hydroxyl groups excluding tert-OH is 1. The van der Waals surface area contributed by atoms with Crippen molar-refractivity contribution in [1.29, 1.82) is 0 Å². The highest BCUT2D eigenvalue weighted by Crippen LogP contribution is 2.24. The van der Waals surface area contributed by atoms with E-state index in [-0.39, 0.29) is 17.1 Å². The fourth-order valence-corrected chi connectivity index (χ4v) is 1.54. The third-order valence-electron chi connectivity index (χ3n) is 2.18. The molecule has 3 heteroatoms. The van der Waals surface area contributed by atoms with Crippen LogP contribution >= 0.6 is 0 Å². The van der Waals surface area contributed by atoms with Gasteiger partial charge in [-0.1, -0.05) is 12.2 Å². The summed E-state index contributed by atoms with van der Waals surface area (Å²) in [6.07, 6.45) is 5.35. The Balaban J connectivity index is 2.54. The van der Waals surface area contributed by atoms with Crippen LogP contribution in [0.3, 0.4) is 0 Å². The summed E-state index contributed by atoms with van der Waals surface area (Å²) in [6.45, 7) is 0. The summed E-state index contributed by atoms with van der Waals surface area (Å²) < 4.78 is 0. The molecule has 1 atom stereocenters. The minimum Gasteiger partial charge on any atom is -0.388 e. The Morgan fingerprint density at radius 3 is 2.54 bits per heavy atom. The molecule has 3 nitrogen and oxygen atoms in total. The van der Waals surface area contributed by atoms with Gasteiger partial charge in [-0.25, -0.2) is 0 Å². The monoisotopic (exact) mass is 176 g/mol. The van der Waals surface area contributed by atoms with Crippen LogP contribution in [0.4, 0.5) is 0 Å². The van der Waals surface area contributed by atoms with Gasteiger partial charge in [-0.15, -0.1) is 0 Å². The second-order valence-electron chi connectivity index (χ2n) is 3.04. The molecule has 66 valence electrons. The highest BCUT2D eigenvalue weighted by molar-refractivity contribution is 6.22. The van der Waals surface area contributed by atoms with Gasteiger partial charge in [-0.2, -0.15) is 0 Å². The van der Waals surface area contributed by atoms with Gasteiger partial charge in [0.05, 0.1) is 6.10 Å². The molecule has 0 fully saturated rings. The average molecular weight is 176 g/mol. The van der Waals surface area contributed by atoms with Crippen molar-refractivity contribution >= 4 is 11.6 Å². The molecule has 13 heavy (non-hydrogen) atoms. The normalized spacial score (nSPS) is 26.7. The zero-order valence-corrected chi connectivity index (χ0v) is 6.86. The van der Waals surface area contributed by atoms with Crippen molar-refractivity contribution in [3.05, 3.63) is 35.5 Å². The summed E-state index contributed by atoms with van der Waals surface area (Å²) in [5, 5.41) is 9.48. The molecule has 0 amide bonds. The fraction of sp³-hybridized carbons (Fsp3) is 0.200. The van der Waals surface area contributed by atoms with E-state index in [4.69, 9.17) is 0 Å². The number of allylic oxidation sites excluding steroid dienone is 4. The first-order valence-electron chi connectivity index (χ1n) is 4.05. The van der Waals surface area contributed by atoms with E-state index in [2.05, 4.69) is 0 Å². The number of rotatable bonds is 0. The van der Waals surface area contributed by atoms with Crippen LogP contribution in [-0.2, 0) is 9.59 Å². The van der Waals surface area contributed by atoms with E-state index in [1.807, 2.05) is 0 Å². The van der Waals surface area contributed by atoms with Crippen molar-refractivity contribution < 1.29 is 14.7 Å². The van der Waals surface area contributed by atoms with E-state index in [1.54, 1.807) is 12.2 Å². The van der Waals surface area contributed by atoms with Crippen LogP contribution in [-0.4, -0.2) is 22.8 Å². The lowest BCUT2D eigenvalue weighted by atomic mass is 9.86. The molecule has 0 aromatic heterocycles. The molecule has 0 radical (unpaired) electrons. The maximum absolute atomic E-state index is 11.3. The molecular weight excluding hydrogens is 168 g/mol. The average Bonchev–Trinajstić information content (AvgIpc) is 2.12. The predicted octanol–water partition coefficient (Wildman–Crippen LogP) is 0.312. The molecule has 0 saturated carbocycles. The molecule has 0 bridgehead atoms. The van der Waals surface area contributed by atoms with Crippen molar-refractivity contribution in [3.63, 3.8) is 0 Å². The first-order chi connectivity index (χ1) is 6.20. The van der Waals surface area contributed by atoms with Crippen LogP contribution in [0, 0.1) is 0 Å². The van der Waals surface area contributed by atoms with Gasteiger partial charge >= 0.3 is 0 Å². The van der Waals surface area contributed by atoms with Gasteiger partial charge in [-0.05, 0) is 18.6 Å². The largest absolute Gasteiger partial charge is 0.388 e. The molecule has 0 heterocycles. The van der Waals surface area contributed by atoms with Crippen molar-refractivity contribution in [2.75, 3.05) is 0 Å². The molecule has 0 spiro atoms. The van der Waals surface area contributed by atoms with Gasteiger partial charge in [0, 0.05) is 11.1 Å². The molecule has 0 saturated heterocycles. The molecule has 1 N–H and O–H groups in total. The highest BCUT2D eigenvalue weighted by Gasteiger charge is 2.27. The maximum Gasteiger partial charge on any atom is 0.186 e. The third-order valence-corrected chi connectivity index (χ3v) is 2.18. The van der Waals surface area contributed by atoms with Crippen LogP contribution in [0.15, 0.2) is 35.5 Å². The number of ketones is 2. The molecule has 2 aliphatic rings. The Labute approximate surface area is 75.1 Å². The standard InChI is InChI=1S/C10H8O3/c11-7-4-5-9(13)10-6(7)2-1-3-8(10)12/h1-2,4-5,8,12H,3H2. The molecule has 2 aliphatic carbocycles. The van der Waals surface area contributed by atoms with Crippen LogP contribution in [0.2, 0.25) is 0 Å². The lowest BCUT2D eigenvalue weighted by Crippen LogP contribution is -2.25. The summed E-state index contributed by atoms with van der Waals surface area (Å²) in [4.78, 5) is 22.6. The van der Waals surface area contributed by atoms with Crippen molar-refractivity contribution in [2.45, 2.75) is 12.5 Å². The van der Waals surface area contributed by atoms with Gasteiger partial charge in [0.15, 0.2) is 11.6 Å². The minimum absolute atomic E-state index is 0.204. The van der Waals surface area contributed by atoms with Gasteiger partial charge in [0.1, 0.15) is 0 Å². The fourth-order valence-electron chi connectivity index (χ4n) is 1.54. The lowest BCUT2D eigenvalue weighted by molar-refractivity contribution is -0.115. The SMILES string of the molecule is O=C1C=CC(=O)C2=C1C=CCC2O. The molecule has 1 unspecified atom stereocenters. The first-order valence-corrected chi connectivity index (χ1v) is 4.05. The Kier molecular flexibility index (Phi) is 1.74. The molecule has 0 aliphatic heterocycles. The number of hydrogen-bond acceptors (Lipinski definition) is 3. The van der Waals surface area contributed by atoms with Crippen molar-refractivity contribution in [3.8, 4) is 0 Å². The Bertz CT molecular complexity index is 372. The third kappa shape index (κ3) is 1.17. The van der Waals surface area contributed by atoms with Crippen molar-refractivity contribution in [2.24, 2.45) is 0 Å². The van der Waals surface area contributed by atoms with Crippen LogP contribution in [0.5, 0.6) is 0 Å². The van der Waals surface area contributed by atoms with Crippen LogP contribution in [0.25, 0.3) is 0 Å². The van der Waals surface area contributed by atoms with E-state index in [0.29, 0.717) is 12.0 Å². The number of hydrogen-bond donors (Lipinski definition) is 1. The maximum atomic E-state index is 11.3. The van der Waals surface area contributed by atoms with E-state index in [9.17, 15) is 14.7 Å². The Hall–Kier alpha value is -1.48. The zero-order valence-electron chi connectivity index (χ0n) is 6.86. The lowest BCUT2D eigenvalue weighted by Gasteiger charge is -2.19. The van der Waals surface area contributed by atoms with E-state index < -0.39 is 6.10 Å². The van der Waals surface area contributed by atoms with E-state index in [0.717, 1.165) is 0 Å². The minimum atomic E-state index is -0.818. The predicted molar refractivity (Wildman–Crippen MR) is 45.9 cm³/mol. The molecule has 2 rings (SSSR count). The number of carbonyl (C=O) groups excluding carboxylic acids is 2. The second kappa shape index (κ2) is 2.78. The molecule has 0 aromatic rings. The topological polar surface area (TPSA) is 54.4 Å². The van der Waals surface area contributed by atoms with E-state index >= 15 is 0 Å². The number of carbonyl (C=O) groups is 2.